The summed E-state index contributed by atoms with van der Waals surface area (Å²) in [7, 11) is 1.50. The summed E-state index contributed by atoms with van der Waals surface area (Å²) in [5.74, 6) is 0.903. The predicted octanol–water partition coefficient (Wildman–Crippen LogP) is 1.91. The maximum absolute atomic E-state index is 11.8. The lowest BCUT2D eigenvalue weighted by atomic mass is 9.85. The minimum atomic E-state index is -0.0907. The fourth-order valence-corrected chi connectivity index (χ4v) is 2.63. The first-order chi connectivity index (χ1) is 9.60. The van der Waals surface area contributed by atoms with Crippen LogP contribution in [0, 0.1) is 6.92 Å². The summed E-state index contributed by atoms with van der Waals surface area (Å²) in [6, 6.07) is 5.14. The van der Waals surface area contributed by atoms with E-state index >= 15 is 0 Å². The number of ether oxygens (including phenoxy) is 1. The van der Waals surface area contributed by atoms with Gasteiger partial charge in [0.25, 0.3) is 0 Å². The van der Waals surface area contributed by atoms with Crippen LogP contribution < -0.4 is 10.1 Å². The molecule has 20 heavy (non-hydrogen) atoms. The van der Waals surface area contributed by atoms with E-state index in [-0.39, 0.29) is 17.6 Å². The molecule has 1 amide bonds. The molecule has 3 rings (SSSR count). The van der Waals surface area contributed by atoms with Crippen molar-refractivity contribution in [2.24, 2.45) is 0 Å². The van der Waals surface area contributed by atoms with Crippen LogP contribution in [0.15, 0.2) is 18.2 Å². The number of H-pyrrole nitrogens is 1. The molecule has 0 saturated heterocycles. The Morgan fingerprint density at radius 2 is 2.25 bits per heavy atom. The van der Waals surface area contributed by atoms with E-state index in [0.29, 0.717) is 18.0 Å². The lowest BCUT2D eigenvalue weighted by Gasteiger charge is -2.23. The lowest BCUT2D eigenvalue weighted by molar-refractivity contribution is -0.116. The number of carbonyl (C=O) groups excluding carboxylic acids is 1. The maximum atomic E-state index is 11.8. The molecule has 2 aromatic rings. The van der Waals surface area contributed by atoms with E-state index < -0.39 is 0 Å². The van der Waals surface area contributed by atoms with Crippen LogP contribution in [0.3, 0.4) is 0 Å². The summed E-state index contributed by atoms with van der Waals surface area (Å²) in [4.78, 5) is 11.8. The number of carbonyl (C=O) groups is 1. The first kappa shape index (κ1) is 12.5. The van der Waals surface area contributed by atoms with E-state index in [9.17, 15) is 9.90 Å². The van der Waals surface area contributed by atoms with Crippen molar-refractivity contribution in [1.29, 1.82) is 0 Å². The number of nitrogens with zero attached hydrogens (tertiary/aromatic N) is 1. The summed E-state index contributed by atoms with van der Waals surface area (Å²) in [6.07, 6.45) is 0.349. The number of anilines is 1. The van der Waals surface area contributed by atoms with Gasteiger partial charge in [0, 0.05) is 23.6 Å². The van der Waals surface area contributed by atoms with Gasteiger partial charge in [0.05, 0.1) is 7.11 Å². The molecule has 0 bridgehead atoms. The molecule has 6 heteroatoms. The van der Waals surface area contributed by atoms with Crippen LogP contribution in [0.25, 0.3) is 0 Å². The van der Waals surface area contributed by atoms with E-state index in [1.165, 1.54) is 7.11 Å². The average Bonchev–Trinajstić information content (AvgIpc) is 2.80. The number of nitrogens with one attached hydrogen (secondary N) is 2. The zero-order valence-corrected chi connectivity index (χ0v) is 11.2. The Bertz CT molecular complexity index is 678. The molecule has 104 valence electrons. The molecule has 1 aromatic carbocycles. The summed E-state index contributed by atoms with van der Waals surface area (Å²) < 4.78 is 5.13. The highest BCUT2D eigenvalue weighted by molar-refractivity contribution is 5.94. The standard InChI is InChI=1S/C14H15N3O3/c1-7-13-9(6-12(19)15-14(13)17-16-7)8-3-4-10(18)11(5-8)20-2/h3-5,9,18H,6H2,1-2H3,(H2,15,16,17,19)/t9-/m1/s1. The number of hydrogen-bond donors (Lipinski definition) is 3. The number of phenols is 1. The molecule has 0 unspecified atom stereocenters. The third-order valence-electron chi connectivity index (χ3n) is 3.60. The van der Waals surface area contributed by atoms with Gasteiger partial charge in [-0.15, -0.1) is 0 Å². The van der Waals surface area contributed by atoms with Crippen molar-refractivity contribution in [3.8, 4) is 11.5 Å². The quantitative estimate of drug-likeness (QED) is 0.780. The number of benzene rings is 1. The van der Waals surface area contributed by atoms with Crippen LogP contribution in [-0.2, 0) is 4.79 Å². The first-order valence-corrected chi connectivity index (χ1v) is 6.31. The molecule has 1 atom stereocenters. The molecule has 3 N–H and O–H groups in total. The fraction of sp³-hybridized carbons (Fsp3) is 0.286. The van der Waals surface area contributed by atoms with Crippen LogP contribution in [0.1, 0.15) is 29.2 Å². The third-order valence-corrected chi connectivity index (χ3v) is 3.60. The molecule has 6 nitrogen and oxygen atoms in total. The Morgan fingerprint density at radius 3 is 3.00 bits per heavy atom. The van der Waals surface area contributed by atoms with Gasteiger partial charge in [-0.25, -0.2) is 0 Å². The van der Waals surface area contributed by atoms with Gasteiger partial charge in [0.2, 0.25) is 5.91 Å². The maximum Gasteiger partial charge on any atom is 0.226 e. The number of amides is 1. The summed E-state index contributed by atoms with van der Waals surface area (Å²) >= 11 is 0. The van der Waals surface area contributed by atoms with Gasteiger partial charge in [-0.1, -0.05) is 6.07 Å². The zero-order valence-electron chi connectivity index (χ0n) is 11.2. The van der Waals surface area contributed by atoms with Crippen molar-refractivity contribution in [3.05, 3.63) is 35.0 Å². The van der Waals surface area contributed by atoms with Crippen LogP contribution in [0.5, 0.6) is 11.5 Å². The fourth-order valence-electron chi connectivity index (χ4n) is 2.63. The van der Waals surface area contributed by atoms with Crippen molar-refractivity contribution in [3.63, 3.8) is 0 Å². The largest absolute Gasteiger partial charge is 0.504 e. The molecular formula is C14H15N3O3. The normalized spacial score (nSPS) is 17.5. The predicted molar refractivity (Wildman–Crippen MR) is 73.1 cm³/mol. The Kier molecular flexibility index (Phi) is 2.85. The highest BCUT2D eigenvalue weighted by Gasteiger charge is 2.30. The summed E-state index contributed by atoms with van der Waals surface area (Å²) in [5.41, 5.74) is 2.83. The first-order valence-electron chi connectivity index (χ1n) is 6.31. The summed E-state index contributed by atoms with van der Waals surface area (Å²) in [6.45, 7) is 1.92. The van der Waals surface area contributed by atoms with Crippen LogP contribution in [0.2, 0.25) is 0 Å². The second-order valence-corrected chi connectivity index (χ2v) is 4.85. The molecular weight excluding hydrogens is 258 g/mol. The Hall–Kier alpha value is -2.50. The van der Waals surface area contributed by atoms with Gasteiger partial charge in [-0.3, -0.25) is 9.89 Å². The van der Waals surface area contributed by atoms with Gasteiger partial charge < -0.3 is 15.2 Å². The SMILES string of the molecule is COc1cc([C@H]2CC(=O)Nc3n[nH]c(C)c32)ccc1O. The number of hydrogen-bond acceptors (Lipinski definition) is 4. The second-order valence-electron chi connectivity index (χ2n) is 4.85. The Labute approximate surface area is 115 Å². The van der Waals surface area contributed by atoms with Gasteiger partial charge in [-0.05, 0) is 24.6 Å². The van der Waals surface area contributed by atoms with Crippen LogP contribution in [-0.4, -0.2) is 28.3 Å². The van der Waals surface area contributed by atoms with Crippen LogP contribution >= 0.6 is 0 Å². The topological polar surface area (TPSA) is 87.2 Å². The zero-order chi connectivity index (χ0) is 14.3. The number of aromatic hydroxyl groups is 1. The smallest absolute Gasteiger partial charge is 0.226 e. The minimum Gasteiger partial charge on any atom is -0.504 e. The highest BCUT2D eigenvalue weighted by Crippen LogP contribution is 2.40. The molecule has 0 aliphatic carbocycles. The lowest BCUT2D eigenvalue weighted by Crippen LogP contribution is -2.23. The summed E-state index contributed by atoms with van der Waals surface area (Å²) in [5, 5.41) is 19.4. The van der Waals surface area contributed by atoms with E-state index in [1.807, 2.05) is 6.92 Å². The number of fused-ring (bicyclic) bond motifs is 1. The molecule has 0 radical (unpaired) electrons. The van der Waals surface area contributed by atoms with Gasteiger partial charge in [-0.2, -0.15) is 5.10 Å². The molecule has 1 aromatic heterocycles. The number of methoxy groups -OCH3 is 1. The number of aromatic amines is 1. The van der Waals surface area contributed by atoms with Gasteiger partial charge >= 0.3 is 0 Å². The highest BCUT2D eigenvalue weighted by atomic mass is 16.5. The average molecular weight is 273 g/mol. The number of phenolic OH excluding ortho intramolecular Hbond substituents is 1. The molecule has 1 aliphatic heterocycles. The number of aromatic nitrogens is 2. The Morgan fingerprint density at radius 1 is 1.45 bits per heavy atom. The molecule has 0 fully saturated rings. The van der Waals surface area contributed by atoms with E-state index in [4.69, 9.17) is 4.74 Å². The molecule has 0 spiro atoms. The van der Waals surface area contributed by atoms with Crippen LogP contribution in [0.4, 0.5) is 5.82 Å². The monoisotopic (exact) mass is 273 g/mol. The third kappa shape index (κ3) is 1.89. The van der Waals surface area contributed by atoms with Crippen molar-refractivity contribution in [2.45, 2.75) is 19.3 Å². The van der Waals surface area contributed by atoms with E-state index in [0.717, 1.165) is 16.8 Å². The number of aryl methyl sites for hydroxylation is 1. The van der Waals surface area contributed by atoms with Crippen molar-refractivity contribution in [2.75, 3.05) is 12.4 Å². The molecule has 1 aliphatic rings. The molecule has 2 heterocycles. The van der Waals surface area contributed by atoms with E-state index in [2.05, 4.69) is 15.5 Å². The van der Waals surface area contributed by atoms with Gasteiger partial charge in [0.15, 0.2) is 17.3 Å². The Balaban J connectivity index is 2.10. The minimum absolute atomic E-state index is 0.0685. The van der Waals surface area contributed by atoms with E-state index in [1.54, 1.807) is 18.2 Å². The second kappa shape index (κ2) is 4.56. The molecule has 0 saturated carbocycles. The van der Waals surface area contributed by atoms with Crippen molar-refractivity contribution < 1.29 is 14.6 Å². The van der Waals surface area contributed by atoms with Crippen molar-refractivity contribution >= 4 is 11.7 Å². The van der Waals surface area contributed by atoms with Gasteiger partial charge in [0.1, 0.15) is 0 Å². The number of rotatable bonds is 2. The van der Waals surface area contributed by atoms with Crippen molar-refractivity contribution in [1.82, 2.24) is 10.2 Å².